The molecule has 2 aromatic rings. The van der Waals surface area contributed by atoms with Crippen LogP contribution in [-0.4, -0.2) is 42.8 Å². The molecular formula is C17H22N2O2S. The molecule has 0 atom stereocenters. The predicted molar refractivity (Wildman–Crippen MR) is 94.5 cm³/mol. The van der Waals surface area contributed by atoms with Crippen LogP contribution in [0.5, 0.6) is 0 Å². The summed E-state index contributed by atoms with van der Waals surface area (Å²) >= 11 is 1.70. The lowest BCUT2D eigenvalue weighted by Gasteiger charge is -2.25. The van der Waals surface area contributed by atoms with Crippen LogP contribution in [0.3, 0.4) is 0 Å². The summed E-state index contributed by atoms with van der Waals surface area (Å²) in [4.78, 5) is 3.11. The van der Waals surface area contributed by atoms with Crippen LogP contribution in [0.1, 0.15) is 0 Å². The fourth-order valence-electron chi connectivity index (χ4n) is 2.45. The van der Waals surface area contributed by atoms with Crippen LogP contribution < -0.4 is 10.6 Å². The van der Waals surface area contributed by atoms with Crippen LogP contribution in [0.15, 0.2) is 47.4 Å². The number of hydrogen-bond acceptors (Lipinski definition) is 5. The SMILES string of the molecule is CSc1ccc(-c2cccc(N(CCO)CCO)c2N)cc1. The largest absolute Gasteiger partial charge is 0.397 e. The number of nitrogen functional groups attached to an aromatic ring is 1. The third-order valence-corrected chi connectivity index (χ3v) is 4.31. The van der Waals surface area contributed by atoms with E-state index in [4.69, 9.17) is 5.73 Å². The van der Waals surface area contributed by atoms with Crippen molar-refractivity contribution in [3.8, 4) is 11.1 Å². The van der Waals surface area contributed by atoms with E-state index in [9.17, 15) is 10.2 Å². The molecule has 0 amide bonds. The third kappa shape index (κ3) is 3.74. The maximum absolute atomic E-state index is 9.19. The van der Waals surface area contributed by atoms with Gasteiger partial charge in [-0.05, 0) is 30.0 Å². The Morgan fingerprint density at radius 1 is 1.00 bits per heavy atom. The number of hydrogen-bond donors (Lipinski definition) is 3. The number of nitrogens with two attached hydrogens (primary N) is 1. The summed E-state index contributed by atoms with van der Waals surface area (Å²) in [6.07, 6.45) is 2.05. The van der Waals surface area contributed by atoms with E-state index < -0.39 is 0 Å². The molecule has 0 aliphatic carbocycles. The number of aliphatic hydroxyl groups excluding tert-OH is 2. The number of para-hydroxylation sites is 1. The summed E-state index contributed by atoms with van der Waals surface area (Å²) in [6.45, 7) is 0.928. The van der Waals surface area contributed by atoms with Crippen molar-refractivity contribution in [2.24, 2.45) is 0 Å². The van der Waals surface area contributed by atoms with Gasteiger partial charge in [0, 0.05) is 23.5 Å². The van der Waals surface area contributed by atoms with E-state index in [0.29, 0.717) is 18.8 Å². The van der Waals surface area contributed by atoms with Crippen molar-refractivity contribution >= 4 is 23.1 Å². The number of thioether (sulfide) groups is 1. The minimum Gasteiger partial charge on any atom is -0.397 e. The standard InChI is InChI=1S/C17H22N2O2S/c1-22-14-7-5-13(6-8-14)15-3-2-4-16(17(15)18)19(9-11-20)10-12-21/h2-8,20-21H,9-12,18H2,1H3. The Kier molecular flexibility index (Phi) is 6.12. The molecule has 0 aliphatic rings. The molecule has 2 aromatic carbocycles. The van der Waals surface area contributed by atoms with Gasteiger partial charge in [-0.3, -0.25) is 0 Å². The minimum absolute atomic E-state index is 0.0199. The first-order chi connectivity index (χ1) is 10.7. The van der Waals surface area contributed by atoms with Crippen LogP contribution in [-0.2, 0) is 0 Å². The van der Waals surface area contributed by atoms with Gasteiger partial charge in [-0.1, -0.05) is 24.3 Å². The molecular weight excluding hydrogens is 296 g/mol. The van der Waals surface area contributed by atoms with Crippen molar-refractivity contribution in [2.45, 2.75) is 4.90 Å². The Bertz CT molecular complexity index is 596. The lowest BCUT2D eigenvalue weighted by molar-refractivity contribution is 0.281. The normalized spacial score (nSPS) is 10.7. The van der Waals surface area contributed by atoms with Gasteiger partial charge in [0.15, 0.2) is 0 Å². The molecule has 2 rings (SSSR count). The first-order valence-corrected chi connectivity index (χ1v) is 8.43. The van der Waals surface area contributed by atoms with Crippen molar-refractivity contribution in [1.82, 2.24) is 0 Å². The molecule has 0 heterocycles. The Hall–Kier alpha value is -1.69. The molecule has 0 fully saturated rings. The molecule has 0 aliphatic heterocycles. The molecule has 0 spiro atoms. The zero-order valence-electron chi connectivity index (χ0n) is 12.7. The minimum atomic E-state index is 0.0199. The molecule has 0 unspecified atom stereocenters. The molecule has 4 nitrogen and oxygen atoms in total. The Morgan fingerprint density at radius 3 is 2.18 bits per heavy atom. The Morgan fingerprint density at radius 2 is 1.64 bits per heavy atom. The van der Waals surface area contributed by atoms with E-state index in [-0.39, 0.29) is 13.2 Å². The smallest absolute Gasteiger partial charge is 0.0631 e. The molecule has 4 N–H and O–H groups in total. The lowest BCUT2D eigenvalue weighted by atomic mass is 10.0. The molecule has 22 heavy (non-hydrogen) atoms. The summed E-state index contributed by atoms with van der Waals surface area (Å²) in [5.74, 6) is 0. The fraction of sp³-hybridized carbons (Fsp3) is 0.294. The van der Waals surface area contributed by atoms with Crippen LogP contribution in [0.4, 0.5) is 11.4 Å². The molecule has 5 heteroatoms. The van der Waals surface area contributed by atoms with E-state index in [2.05, 4.69) is 24.3 Å². The highest BCUT2D eigenvalue weighted by atomic mass is 32.2. The van der Waals surface area contributed by atoms with Crippen LogP contribution in [0.2, 0.25) is 0 Å². The predicted octanol–water partition coefficient (Wildman–Crippen LogP) is 2.45. The maximum Gasteiger partial charge on any atom is 0.0631 e. The second-order valence-electron chi connectivity index (χ2n) is 4.90. The van der Waals surface area contributed by atoms with Gasteiger partial charge < -0.3 is 20.8 Å². The van der Waals surface area contributed by atoms with Crippen LogP contribution in [0, 0.1) is 0 Å². The molecule has 0 bridgehead atoms. The van der Waals surface area contributed by atoms with Crippen molar-refractivity contribution in [3.05, 3.63) is 42.5 Å². The summed E-state index contributed by atoms with van der Waals surface area (Å²) in [5, 5.41) is 18.4. The molecule has 118 valence electrons. The number of anilines is 2. The highest BCUT2D eigenvalue weighted by Gasteiger charge is 2.12. The summed E-state index contributed by atoms with van der Waals surface area (Å²) in [6, 6.07) is 14.1. The monoisotopic (exact) mass is 318 g/mol. The van der Waals surface area contributed by atoms with Gasteiger partial charge >= 0.3 is 0 Å². The van der Waals surface area contributed by atoms with E-state index in [1.165, 1.54) is 4.90 Å². The van der Waals surface area contributed by atoms with Gasteiger partial charge in [0.1, 0.15) is 0 Å². The first-order valence-electron chi connectivity index (χ1n) is 7.20. The van der Waals surface area contributed by atoms with Crippen molar-refractivity contribution in [3.63, 3.8) is 0 Å². The number of benzene rings is 2. The van der Waals surface area contributed by atoms with Crippen LogP contribution >= 0.6 is 11.8 Å². The van der Waals surface area contributed by atoms with Crippen molar-refractivity contribution in [2.75, 3.05) is 43.2 Å². The summed E-state index contributed by atoms with van der Waals surface area (Å²) in [7, 11) is 0. The lowest BCUT2D eigenvalue weighted by Crippen LogP contribution is -2.30. The van der Waals surface area contributed by atoms with E-state index in [1.54, 1.807) is 11.8 Å². The third-order valence-electron chi connectivity index (χ3n) is 3.56. The van der Waals surface area contributed by atoms with Crippen molar-refractivity contribution in [1.29, 1.82) is 0 Å². The number of rotatable bonds is 7. The zero-order chi connectivity index (χ0) is 15.9. The Labute approximate surface area is 135 Å². The molecule has 0 radical (unpaired) electrons. The number of nitrogens with zero attached hydrogens (tertiary/aromatic N) is 1. The van der Waals surface area contributed by atoms with Gasteiger partial charge in [-0.25, -0.2) is 0 Å². The molecule has 0 saturated heterocycles. The van der Waals surface area contributed by atoms with E-state index in [0.717, 1.165) is 16.8 Å². The topological polar surface area (TPSA) is 69.7 Å². The summed E-state index contributed by atoms with van der Waals surface area (Å²) in [5.41, 5.74) is 9.87. The van der Waals surface area contributed by atoms with Crippen LogP contribution in [0.25, 0.3) is 11.1 Å². The highest BCUT2D eigenvalue weighted by molar-refractivity contribution is 7.98. The average molecular weight is 318 g/mol. The van der Waals surface area contributed by atoms with Gasteiger partial charge in [-0.15, -0.1) is 11.8 Å². The fourth-order valence-corrected chi connectivity index (χ4v) is 2.85. The highest BCUT2D eigenvalue weighted by Crippen LogP contribution is 2.34. The van der Waals surface area contributed by atoms with Crippen molar-refractivity contribution < 1.29 is 10.2 Å². The summed E-state index contributed by atoms with van der Waals surface area (Å²) < 4.78 is 0. The zero-order valence-corrected chi connectivity index (χ0v) is 13.5. The van der Waals surface area contributed by atoms with Gasteiger partial charge in [0.25, 0.3) is 0 Å². The second-order valence-corrected chi connectivity index (χ2v) is 5.78. The quantitative estimate of drug-likeness (QED) is 0.540. The number of aliphatic hydroxyl groups is 2. The Balaban J connectivity index is 2.38. The van der Waals surface area contributed by atoms with E-state index in [1.807, 2.05) is 29.4 Å². The molecule has 0 aromatic heterocycles. The van der Waals surface area contributed by atoms with Gasteiger partial charge in [0.05, 0.1) is 24.6 Å². The second kappa shape index (κ2) is 8.08. The van der Waals surface area contributed by atoms with Gasteiger partial charge in [-0.2, -0.15) is 0 Å². The maximum atomic E-state index is 9.19. The van der Waals surface area contributed by atoms with E-state index >= 15 is 0 Å². The van der Waals surface area contributed by atoms with Gasteiger partial charge in [0.2, 0.25) is 0 Å². The average Bonchev–Trinajstić information content (AvgIpc) is 2.55. The molecule has 0 saturated carbocycles. The first kappa shape index (κ1) is 16.7.